The van der Waals surface area contributed by atoms with Crippen LogP contribution in [0.25, 0.3) is 0 Å². The van der Waals surface area contributed by atoms with Gasteiger partial charge in [-0.1, -0.05) is 35.4 Å². The van der Waals surface area contributed by atoms with Crippen molar-refractivity contribution in [3.8, 4) is 0 Å². The highest BCUT2D eigenvalue weighted by Crippen LogP contribution is 2.23. The molecule has 1 aliphatic heterocycles. The highest BCUT2D eigenvalue weighted by Gasteiger charge is 2.16. The highest BCUT2D eigenvalue weighted by atomic mass is 35.5. The molecule has 1 atom stereocenters. The fraction of sp³-hybridized carbons (Fsp3) is 0.333. The topological polar surface area (TPSA) is 62.7 Å². The Morgan fingerprint density at radius 3 is 2.81 bits per heavy atom. The first-order chi connectivity index (χ1) is 13.0. The van der Waals surface area contributed by atoms with Crippen LogP contribution in [0.4, 0.5) is 5.69 Å². The predicted molar refractivity (Wildman–Crippen MR) is 110 cm³/mol. The molecule has 3 rings (SSSR count). The number of anilines is 1. The van der Waals surface area contributed by atoms with Gasteiger partial charge in [-0.15, -0.1) is 0 Å². The Balaban J connectivity index is 1.79. The minimum Gasteiger partial charge on any atom is -0.376 e. The van der Waals surface area contributed by atoms with Gasteiger partial charge in [-0.2, -0.15) is 0 Å². The lowest BCUT2D eigenvalue weighted by Crippen LogP contribution is -2.37. The van der Waals surface area contributed by atoms with E-state index in [1.165, 1.54) is 0 Å². The standard InChI is InChI=1S/C21H24ClN3O2/c1-14-6-3-7-16(12-14)20(26)25-21(23-13-17-8-5-11-27-17)24-19-10-4-9-18(22)15(19)2/h3-4,6-7,9-10,12,17H,5,8,11,13H2,1-2H3,(H2,23,24,25,26)/t17-/m1/s1. The molecule has 2 aromatic rings. The number of hydrogen-bond donors (Lipinski definition) is 2. The number of aliphatic imine (C=N–C) groups is 1. The molecule has 6 heteroatoms. The van der Waals surface area contributed by atoms with Crippen LogP contribution in [0, 0.1) is 13.8 Å². The van der Waals surface area contributed by atoms with Gasteiger partial charge in [0.05, 0.1) is 12.6 Å². The van der Waals surface area contributed by atoms with E-state index in [0.29, 0.717) is 23.1 Å². The Labute approximate surface area is 164 Å². The number of ether oxygens (including phenoxy) is 1. The van der Waals surface area contributed by atoms with Crippen LogP contribution < -0.4 is 10.6 Å². The maximum Gasteiger partial charge on any atom is 0.257 e. The molecule has 142 valence electrons. The average molecular weight is 386 g/mol. The molecule has 0 radical (unpaired) electrons. The summed E-state index contributed by atoms with van der Waals surface area (Å²) in [5.41, 5.74) is 3.32. The van der Waals surface area contributed by atoms with Crippen molar-refractivity contribution in [2.24, 2.45) is 4.99 Å². The summed E-state index contributed by atoms with van der Waals surface area (Å²) < 4.78 is 5.63. The molecule has 0 saturated carbocycles. The first-order valence-electron chi connectivity index (χ1n) is 9.09. The van der Waals surface area contributed by atoms with Crippen molar-refractivity contribution in [3.63, 3.8) is 0 Å². The van der Waals surface area contributed by atoms with Crippen LogP contribution in [0.3, 0.4) is 0 Å². The molecule has 1 aliphatic rings. The van der Waals surface area contributed by atoms with E-state index in [1.54, 1.807) is 6.07 Å². The quantitative estimate of drug-likeness (QED) is 0.608. The van der Waals surface area contributed by atoms with E-state index in [1.807, 2.05) is 50.2 Å². The number of rotatable bonds is 4. The number of aryl methyl sites for hydroxylation is 1. The van der Waals surface area contributed by atoms with E-state index < -0.39 is 0 Å². The van der Waals surface area contributed by atoms with Crippen LogP contribution in [-0.2, 0) is 4.74 Å². The van der Waals surface area contributed by atoms with Gasteiger partial charge in [0.2, 0.25) is 5.96 Å². The number of halogens is 1. The Kier molecular flexibility index (Phi) is 6.48. The summed E-state index contributed by atoms with van der Waals surface area (Å²) in [6.45, 7) is 5.14. The lowest BCUT2D eigenvalue weighted by Gasteiger charge is -2.15. The molecule has 27 heavy (non-hydrogen) atoms. The van der Waals surface area contributed by atoms with Gasteiger partial charge >= 0.3 is 0 Å². The van der Waals surface area contributed by atoms with Gasteiger partial charge in [-0.25, -0.2) is 4.99 Å². The van der Waals surface area contributed by atoms with Crippen LogP contribution in [-0.4, -0.2) is 31.1 Å². The first-order valence-corrected chi connectivity index (χ1v) is 9.47. The van der Waals surface area contributed by atoms with Gasteiger partial charge in [-0.3, -0.25) is 10.1 Å². The van der Waals surface area contributed by atoms with Crippen molar-refractivity contribution >= 4 is 29.2 Å². The van der Waals surface area contributed by atoms with Crippen molar-refractivity contribution in [2.75, 3.05) is 18.5 Å². The minimum atomic E-state index is -0.211. The Morgan fingerprint density at radius 1 is 1.26 bits per heavy atom. The Hall–Kier alpha value is -2.37. The normalized spacial score (nSPS) is 17.0. The lowest BCUT2D eigenvalue weighted by atomic mass is 10.1. The van der Waals surface area contributed by atoms with E-state index in [0.717, 1.165) is 36.3 Å². The van der Waals surface area contributed by atoms with E-state index in [-0.39, 0.29) is 12.0 Å². The smallest absolute Gasteiger partial charge is 0.257 e. The molecule has 1 amide bonds. The lowest BCUT2D eigenvalue weighted by molar-refractivity contribution is 0.0975. The van der Waals surface area contributed by atoms with Crippen LogP contribution in [0.2, 0.25) is 5.02 Å². The zero-order valence-electron chi connectivity index (χ0n) is 15.6. The van der Waals surface area contributed by atoms with Crippen LogP contribution in [0.5, 0.6) is 0 Å². The van der Waals surface area contributed by atoms with E-state index in [2.05, 4.69) is 15.6 Å². The monoisotopic (exact) mass is 385 g/mol. The summed E-state index contributed by atoms with van der Waals surface area (Å²) in [7, 11) is 0. The van der Waals surface area contributed by atoms with Crippen LogP contribution in [0.1, 0.15) is 34.3 Å². The molecule has 1 saturated heterocycles. The van der Waals surface area contributed by atoms with E-state index >= 15 is 0 Å². The molecule has 0 aliphatic carbocycles. The second-order valence-electron chi connectivity index (χ2n) is 6.69. The molecule has 5 nitrogen and oxygen atoms in total. The number of nitrogens with zero attached hydrogens (tertiary/aromatic N) is 1. The van der Waals surface area contributed by atoms with Crippen molar-refractivity contribution in [2.45, 2.75) is 32.8 Å². The Bertz CT molecular complexity index is 845. The van der Waals surface area contributed by atoms with Gasteiger partial charge in [0.1, 0.15) is 0 Å². The zero-order chi connectivity index (χ0) is 19.2. The van der Waals surface area contributed by atoms with Gasteiger partial charge in [0, 0.05) is 22.9 Å². The third-order valence-electron chi connectivity index (χ3n) is 4.51. The van der Waals surface area contributed by atoms with Crippen molar-refractivity contribution in [1.29, 1.82) is 0 Å². The van der Waals surface area contributed by atoms with Gasteiger partial charge in [0.15, 0.2) is 0 Å². The SMILES string of the molecule is Cc1cccc(C(=O)NC(=NC[C@H]2CCCO2)Nc2cccc(Cl)c2C)c1. The van der Waals surface area contributed by atoms with Crippen molar-refractivity contribution < 1.29 is 9.53 Å². The molecule has 1 fully saturated rings. The molecule has 1 heterocycles. The zero-order valence-corrected chi connectivity index (χ0v) is 16.3. The molecule has 2 N–H and O–H groups in total. The molecular formula is C21H24ClN3O2. The molecule has 2 aromatic carbocycles. The predicted octanol–water partition coefficient (Wildman–Crippen LogP) is 4.33. The summed E-state index contributed by atoms with van der Waals surface area (Å²) in [5.74, 6) is 0.180. The van der Waals surface area contributed by atoms with Gasteiger partial charge in [-0.05, 0) is 56.5 Å². The first kappa shape index (κ1) is 19.4. The second-order valence-corrected chi connectivity index (χ2v) is 7.09. The average Bonchev–Trinajstić information content (AvgIpc) is 3.17. The third kappa shape index (κ3) is 5.31. The van der Waals surface area contributed by atoms with E-state index in [9.17, 15) is 4.79 Å². The summed E-state index contributed by atoms with van der Waals surface area (Å²) in [6, 6.07) is 13.0. The van der Waals surface area contributed by atoms with Crippen LogP contribution >= 0.6 is 11.6 Å². The number of hydrogen-bond acceptors (Lipinski definition) is 3. The third-order valence-corrected chi connectivity index (χ3v) is 4.92. The largest absolute Gasteiger partial charge is 0.376 e. The molecule has 0 aromatic heterocycles. The summed E-state index contributed by atoms with van der Waals surface area (Å²) >= 11 is 6.21. The fourth-order valence-electron chi connectivity index (χ4n) is 2.93. The number of carbonyl (C=O) groups excluding carboxylic acids is 1. The molecule has 0 bridgehead atoms. The van der Waals surface area contributed by atoms with Crippen molar-refractivity contribution in [1.82, 2.24) is 5.32 Å². The Morgan fingerprint density at radius 2 is 2.07 bits per heavy atom. The summed E-state index contributed by atoms with van der Waals surface area (Å²) in [4.78, 5) is 17.2. The number of carbonyl (C=O) groups is 1. The van der Waals surface area contributed by atoms with Crippen LogP contribution in [0.15, 0.2) is 47.5 Å². The van der Waals surface area contributed by atoms with Gasteiger partial charge in [0.25, 0.3) is 5.91 Å². The number of amides is 1. The minimum absolute atomic E-state index is 0.0955. The summed E-state index contributed by atoms with van der Waals surface area (Å²) in [6.07, 6.45) is 2.13. The number of guanidine groups is 1. The van der Waals surface area contributed by atoms with E-state index in [4.69, 9.17) is 16.3 Å². The molecular weight excluding hydrogens is 362 g/mol. The molecule has 0 unspecified atom stereocenters. The summed E-state index contributed by atoms with van der Waals surface area (Å²) in [5, 5.41) is 6.74. The number of benzene rings is 2. The highest BCUT2D eigenvalue weighted by molar-refractivity contribution is 6.31. The second kappa shape index (κ2) is 9.02. The molecule has 0 spiro atoms. The van der Waals surface area contributed by atoms with Crippen molar-refractivity contribution in [3.05, 3.63) is 64.2 Å². The maximum atomic E-state index is 12.7. The number of nitrogens with one attached hydrogen (secondary N) is 2. The van der Waals surface area contributed by atoms with Gasteiger partial charge < -0.3 is 10.1 Å². The maximum absolute atomic E-state index is 12.7. The fourth-order valence-corrected chi connectivity index (χ4v) is 3.10.